The quantitative estimate of drug-likeness (QED) is 0.620. The van der Waals surface area contributed by atoms with Gasteiger partial charge in [0.1, 0.15) is 0 Å². The van der Waals surface area contributed by atoms with E-state index < -0.39 is 16.0 Å². The van der Waals surface area contributed by atoms with Crippen LogP contribution >= 0.6 is 0 Å². The molecule has 1 aromatic carbocycles. The number of carbonyl (C=O) groups excluding carboxylic acids is 2. The molecule has 0 spiro atoms. The van der Waals surface area contributed by atoms with Crippen LogP contribution in [0.2, 0.25) is 0 Å². The van der Waals surface area contributed by atoms with Gasteiger partial charge in [0, 0.05) is 26.1 Å². The van der Waals surface area contributed by atoms with E-state index in [0.29, 0.717) is 13.1 Å². The molecule has 0 unspecified atom stereocenters. The second-order valence-corrected chi connectivity index (χ2v) is 7.30. The van der Waals surface area contributed by atoms with Gasteiger partial charge in [0.15, 0.2) is 0 Å². The van der Waals surface area contributed by atoms with Crippen LogP contribution in [0.25, 0.3) is 0 Å². The molecule has 0 aliphatic rings. The second kappa shape index (κ2) is 9.41. The number of benzene rings is 1. The van der Waals surface area contributed by atoms with E-state index in [1.54, 1.807) is 24.0 Å². The van der Waals surface area contributed by atoms with Gasteiger partial charge >= 0.3 is 5.97 Å². The fraction of sp³-hybridized carbons (Fsp3) is 0.529. The van der Waals surface area contributed by atoms with E-state index in [1.165, 1.54) is 12.1 Å². The van der Waals surface area contributed by atoms with Crippen LogP contribution in [0, 0.1) is 0 Å². The summed E-state index contributed by atoms with van der Waals surface area (Å²) in [6.45, 7) is 6.69. The molecule has 7 nitrogen and oxygen atoms in total. The van der Waals surface area contributed by atoms with Gasteiger partial charge in [-0.3, -0.25) is 9.10 Å². The number of nitrogens with zero attached hydrogens (tertiary/aromatic N) is 2. The number of ether oxygens (including phenoxy) is 1. The van der Waals surface area contributed by atoms with E-state index >= 15 is 0 Å². The van der Waals surface area contributed by atoms with Crippen molar-refractivity contribution in [3.05, 3.63) is 29.8 Å². The van der Waals surface area contributed by atoms with Crippen molar-refractivity contribution in [1.82, 2.24) is 4.90 Å². The molecule has 140 valence electrons. The van der Waals surface area contributed by atoms with Crippen LogP contribution in [0.1, 0.15) is 37.6 Å². The molecule has 0 atom stereocenters. The summed E-state index contributed by atoms with van der Waals surface area (Å²) in [7, 11) is -3.67. The Bertz CT molecular complexity index is 699. The molecule has 0 saturated carbocycles. The van der Waals surface area contributed by atoms with E-state index in [0.717, 1.165) is 10.6 Å². The van der Waals surface area contributed by atoms with Crippen molar-refractivity contribution in [3.8, 4) is 0 Å². The summed E-state index contributed by atoms with van der Waals surface area (Å²) in [5.41, 5.74) is 0.376. The normalized spacial score (nSPS) is 11.0. The van der Waals surface area contributed by atoms with Gasteiger partial charge in [-0.05, 0) is 32.9 Å². The molecule has 0 fully saturated rings. The van der Waals surface area contributed by atoms with Crippen LogP contribution in [0.4, 0.5) is 5.69 Å². The Morgan fingerprint density at radius 3 is 2.20 bits per heavy atom. The fourth-order valence-electron chi connectivity index (χ4n) is 2.47. The van der Waals surface area contributed by atoms with Crippen molar-refractivity contribution >= 4 is 27.6 Å². The summed E-state index contributed by atoms with van der Waals surface area (Å²) in [5.74, 6) is -0.728. The largest absolute Gasteiger partial charge is 0.462 e. The molecule has 0 bridgehead atoms. The average molecular weight is 370 g/mol. The molecule has 1 aromatic rings. The molecular formula is C17H26N2O5S. The van der Waals surface area contributed by atoms with E-state index in [9.17, 15) is 18.0 Å². The minimum Gasteiger partial charge on any atom is -0.462 e. The molecule has 0 aliphatic heterocycles. The van der Waals surface area contributed by atoms with Gasteiger partial charge in [-0.15, -0.1) is 0 Å². The number of amides is 1. The van der Waals surface area contributed by atoms with Crippen LogP contribution in [-0.4, -0.2) is 57.7 Å². The molecule has 0 radical (unpaired) electrons. The van der Waals surface area contributed by atoms with Gasteiger partial charge in [0.05, 0.1) is 24.1 Å². The Morgan fingerprint density at radius 1 is 1.08 bits per heavy atom. The highest BCUT2D eigenvalue weighted by atomic mass is 32.2. The highest BCUT2D eigenvalue weighted by Gasteiger charge is 2.24. The highest BCUT2D eigenvalue weighted by Crippen LogP contribution is 2.24. The Hall–Kier alpha value is -2.09. The summed E-state index contributed by atoms with van der Waals surface area (Å²) < 4.78 is 30.5. The van der Waals surface area contributed by atoms with Gasteiger partial charge in [0.2, 0.25) is 15.9 Å². The van der Waals surface area contributed by atoms with Crippen molar-refractivity contribution in [2.75, 3.05) is 36.8 Å². The lowest BCUT2D eigenvalue weighted by molar-refractivity contribution is -0.130. The van der Waals surface area contributed by atoms with E-state index in [2.05, 4.69) is 0 Å². The number of anilines is 1. The minimum atomic E-state index is -3.67. The number of carbonyl (C=O) groups is 2. The predicted molar refractivity (Wildman–Crippen MR) is 97.1 cm³/mol. The topological polar surface area (TPSA) is 84.0 Å². The van der Waals surface area contributed by atoms with E-state index in [4.69, 9.17) is 4.74 Å². The van der Waals surface area contributed by atoms with Gasteiger partial charge in [-0.2, -0.15) is 0 Å². The molecule has 0 aromatic heterocycles. The maximum Gasteiger partial charge on any atom is 0.340 e. The lowest BCUT2D eigenvalue weighted by Gasteiger charge is -2.26. The van der Waals surface area contributed by atoms with Crippen molar-refractivity contribution in [2.24, 2.45) is 0 Å². The zero-order valence-corrected chi connectivity index (χ0v) is 16.0. The molecule has 8 heteroatoms. The Morgan fingerprint density at radius 2 is 1.68 bits per heavy atom. The first-order chi connectivity index (χ1) is 11.8. The second-order valence-electron chi connectivity index (χ2n) is 5.39. The van der Waals surface area contributed by atoms with Crippen LogP contribution < -0.4 is 4.31 Å². The molecule has 1 amide bonds. The van der Waals surface area contributed by atoms with Crippen LogP contribution in [0.15, 0.2) is 24.3 Å². The van der Waals surface area contributed by atoms with Crippen LogP contribution in [0.3, 0.4) is 0 Å². The number of hydrogen-bond acceptors (Lipinski definition) is 5. The fourth-order valence-corrected chi connectivity index (χ4v) is 3.41. The summed E-state index contributed by atoms with van der Waals surface area (Å²) in [6, 6.07) is 6.33. The minimum absolute atomic E-state index is 0.0336. The lowest BCUT2D eigenvalue weighted by atomic mass is 10.1. The van der Waals surface area contributed by atoms with Gasteiger partial charge in [0.25, 0.3) is 0 Å². The monoisotopic (exact) mass is 370 g/mol. The Kier molecular flexibility index (Phi) is 7.89. The first kappa shape index (κ1) is 21.0. The van der Waals surface area contributed by atoms with Crippen molar-refractivity contribution in [2.45, 2.75) is 27.2 Å². The summed E-state index contributed by atoms with van der Waals surface area (Å²) in [5, 5.41) is 0. The Balaban J connectivity index is 3.14. The predicted octanol–water partition coefficient (Wildman–Crippen LogP) is 1.89. The molecule has 0 heterocycles. The summed E-state index contributed by atoms with van der Waals surface area (Å²) in [6.07, 6.45) is 1.09. The zero-order chi connectivity index (χ0) is 19.0. The van der Waals surface area contributed by atoms with E-state index in [-0.39, 0.29) is 36.7 Å². The first-order valence-electron chi connectivity index (χ1n) is 8.27. The molecule has 0 saturated heterocycles. The Labute approximate surface area is 149 Å². The van der Waals surface area contributed by atoms with Gasteiger partial charge in [-0.1, -0.05) is 12.1 Å². The summed E-state index contributed by atoms with van der Waals surface area (Å²) in [4.78, 5) is 26.0. The maximum atomic E-state index is 12.2. The third-order valence-corrected chi connectivity index (χ3v) is 4.89. The number of hydrogen-bond donors (Lipinski definition) is 0. The van der Waals surface area contributed by atoms with Crippen molar-refractivity contribution in [3.63, 3.8) is 0 Å². The third kappa shape index (κ3) is 5.74. The number of sulfonamides is 1. The van der Waals surface area contributed by atoms with Gasteiger partial charge in [-0.25, -0.2) is 13.2 Å². The maximum absolute atomic E-state index is 12.2. The molecule has 1 rings (SSSR count). The van der Waals surface area contributed by atoms with Crippen molar-refractivity contribution < 1.29 is 22.7 Å². The lowest BCUT2D eigenvalue weighted by Crippen LogP contribution is -2.37. The van der Waals surface area contributed by atoms with E-state index in [1.807, 2.05) is 13.8 Å². The molecular weight excluding hydrogens is 344 g/mol. The number of rotatable bonds is 9. The SMILES string of the molecule is CCOC(=O)c1ccccc1N(CCC(=O)N(CC)CC)S(C)(=O)=O. The standard InChI is InChI=1S/C17H26N2O5S/c1-5-18(6-2)16(20)12-13-19(25(4,22)23)15-11-9-8-10-14(15)17(21)24-7-3/h8-11H,5-7,12-13H2,1-4H3. The molecule has 0 N–H and O–H groups in total. The van der Waals surface area contributed by atoms with Crippen LogP contribution in [-0.2, 0) is 19.6 Å². The zero-order valence-electron chi connectivity index (χ0n) is 15.2. The summed E-state index contributed by atoms with van der Waals surface area (Å²) >= 11 is 0. The van der Waals surface area contributed by atoms with Crippen LogP contribution in [0.5, 0.6) is 0 Å². The average Bonchev–Trinajstić information content (AvgIpc) is 2.55. The van der Waals surface area contributed by atoms with Gasteiger partial charge < -0.3 is 9.64 Å². The number of para-hydroxylation sites is 1. The highest BCUT2D eigenvalue weighted by molar-refractivity contribution is 7.92. The molecule has 25 heavy (non-hydrogen) atoms. The smallest absolute Gasteiger partial charge is 0.340 e. The number of esters is 1. The van der Waals surface area contributed by atoms with Crippen molar-refractivity contribution in [1.29, 1.82) is 0 Å². The first-order valence-corrected chi connectivity index (χ1v) is 10.1. The molecule has 0 aliphatic carbocycles. The third-order valence-electron chi connectivity index (χ3n) is 3.71.